The van der Waals surface area contributed by atoms with Crippen LogP contribution in [0.5, 0.6) is 11.5 Å². The topological polar surface area (TPSA) is 115 Å². The zero-order valence-electron chi connectivity index (χ0n) is 24.2. The van der Waals surface area contributed by atoms with E-state index >= 15 is 0 Å². The highest BCUT2D eigenvalue weighted by Crippen LogP contribution is 2.36. The molecule has 0 saturated carbocycles. The molecule has 2 aromatic rings. The minimum Gasteiger partial charge on any atom is -0.490 e. The Hall–Kier alpha value is -3.32. The molecule has 0 bridgehead atoms. The number of alkyl carbamates (subject to hydrolysis) is 1. The molecule has 2 rings (SSSR count). The number of carbonyl (C=O) groups excluding carboxylic acids is 1. The third-order valence-electron chi connectivity index (χ3n) is 5.98. The van der Waals surface area contributed by atoms with Gasteiger partial charge in [0, 0.05) is 11.9 Å². The van der Waals surface area contributed by atoms with Crippen LogP contribution < -0.4 is 20.1 Å². The molecule has 1 amide bonds. The summed E-state index contributed by atoms with van der Waals surface area (Å²) in [5.41, 5.74) is -0.0804. The first-order valence-electron chi connectivity index (χ1n) is 12.7. The highest BCUT2D eigenvalue weighted by molar-refractivity contribution is 6.74. The molecule has 0 saturated heterocycles. The number of nitrogens with zero attached hydrogens (tertiary/aromatic N) is 1. The fourth-order valence-corrected chi connectivity index (χ4v) is 4.08. The van der Waals surface area contributed by atoms with Crippen molar-refractivity contribution in [3.63, 3.8) is 0 Å². The number of aromatic nitrogens is 1. The van der Waals surface area contributed by atoms with E-state index in [2.05, 4.69) is 54.2 Å². The number of ether oxygens (including phenoxy) is 3. The minimum absolute atomic E-state index is 0.0289. The number of nitrogens with one attached hydrogen (secondary N) is 3. The Morgan fingerprint density at radius 3 is 2.17 bits per heavy atom. The van der Waals surface area contributed by atoms with Crippen LogP contribution in [0.4, 0.5) is 29.5 Å². The van der Waals surface area contributed by atoms with Crippen LogP contribution in [0.25, 0.3) is 0 Å². The molecule has 0 unspecified atom stereocenters. The molecule has 0 spiro atoms. The SMILES string of the molecule is CC(C)(C)OC(=O)NCC(=N)c1c(OCCO[Si](C)(C)C(C)(C)C)ccnc1Nc1ccc(OC(F)(F)F)cc1. The van der Waals surface area contributed by atoms with Crippen LogP contribution in [0.15, 0.2) is 36.5 Å². The van der Waals surface area contributed by atoms with Gasteiger partial charge in [-0.05, 0) is 69.2 Å². The molecule has 0 aliphatic rings. The third-order valence-corrected chi connectivity index (χ3v) is 10.5. The molecule has 9 nitrogen and oxygen atoms in total. The van der Waals surface area contributed by atoms with Crippen molar-refractivity contribution in [1.82, 2.24) is 10.3 Å². The molecule has 0 radical (unpaired) electrons. The number of rotatable bonds is 11. The second kappa shape index (κ2) is 12.9. The number of benzene rings is 1. The highest BCUT2D eigenvalue weighted by Gasteiger charge is 2.37. The molecule has 1 heterocycles. The van der Waals surface area contributed by atoms with Gasteiger partial charge in [0.15, 0.2) is 8.32 Å². The largest absolute Gasteiger partial charge is 0.573 e. The van der Waals surface area contributed by atoms with Gasteiger partial charge in [0.2, 0.25) is 0 Å². The molecule has 1 aromatic heterocycles. The molecule has 0 aliphatic carbocycles. The number of amides is 1. The molecule has 1 aromatic carbocycles. The van der Waals surface area contributed by atoms with Crippen LogP contribution >= 0.6 is 0 Å². The Morgan fingerprint density at radius 1 is 1.00 bits per heavy atom. The normalized spacial score (nSPS) is 12.5. The molecule has 0 aliphatic heterocycles. The van der Waals surface area contributed by atoms with Crippen molar-refractivity contribution in [3.05, 3.63) is 42.1 Å². The van der Waals surface area contributed by atoms with Gasteiger partial charge >= 0.3 is 12.5 Å². The molecule has 13 heteroatoms. The van der Waals surface area contributed by atoms with Gasteiger partial charge < -0.3 is 34.7 Å². The number of hydrogen-bond acceptors (Lipinski definition) is 8. The fraction of sp³-hybridized carbons (Fsp3) is 0.519. The van der Waals surface area contributed by atoms with Gasteiger partial charge in [-0.25, -0.2) is 9.78 Å². The second-order valence-electron chi connectivity index (χ2n) is 11.5. The van der Waals surface area contributed by atoms with E-state index in [1.807, 2.05) is 0 Å². The molecule has 0 fully saturated rings. The van der Waals surface area contributed by atoms with Crippen molar-refractivity contribution < 1.29 is 36.6 Å². The standard InChI is InChI=1S/C27H39F3N4O5Si/c1-25(2,3)39-24(35)33-17-20(31)22-21(36-15-16-37-40(7,8)26(4,5)6)13-14-32-23(22)34-18-9-11-19(12-10-18)38-27(28,29)30/h9-14,31H,15-17H2,1-8H3,(H,32,34)(H,33,35). The Kier molecular flexibility index (Phi) is 10.6. The lowest BCUT2D eigenvalue weighted by atomic mass is 10.1. The van der Waals surface area contributed by atoms with E-state index in [9.17, 15) is 18.0 Å². The first-order valence-corrected chi connectivity index (χ1v) is 15.6. The van der Waals surface area contributed by atoms with Crippen molar-refractivity contribution in [2.24, 2.45) is 0 Å². The van der Waals surface area contributed by atoms with E-state index in [1.165, 1.54) is 18.3 Å². The highest BCUT2D eigenvalue weighted by atomic mass is 28.4. The van der Waals surface area contributed by atoms with E-state index in [-0.39, 0.29) is 41.0 Å². The summed E-state index contributed by atoms with van der Waals surface area (Å²) in [5, 5.41) is 14.3. The predicted molar refractivity (Wildman–Crippen MR) is 150 cm³/mol. The monoisotopic (exact) mass is 584 g/mol. The summed E-state index contributed by atoms with van der Waals surface area (Å²) >= 11 is 0. The minimum atomic E-state index is -4.81. The van der Waals surface area contributed by atoms with E-state index in [4.69, 9.17) is 19.3 Å². The number of alkyl halides is 3. The van der Waals surface area contributed by atoms with Gasteiger partial charge in [0.05, 0.1) is 24.4 Å². The van der Waals surface area contributed by atoms with Crippen molar-refractivity contribution in [3.8, 4) is 11.5 Å². The lowest BCUT2D eigenvalue weighted by molar-refractivity contribution is -0.274. The van der Waals surface area contributed by atoms with Gasteiger partial charge in [-0.2, -0.15) is 0 Å². The predicted octanol–water partition coefficient (Wildman–Crippen LogP) is 7.02. The quantitative estimate of drug-likeness (QED) is 0.148. The molecular formula is C27H39F3N4O5Si. The zero-order chi connectivity index (χ0) is 30.4. The van der Waals surface area contributed by atoms with Crippen molar-refractivity contribution in [2.75, 3.05) is 25.1 Å². The molecule has 222 valence electrons. The average molecular weight is 585 g/mol. The Labute approximate surface area is 234 Å². The van der Waals surface area contributed by atoms with Gasteiger partial charge in [-0.3, -0.25) is 0 Å². The number of anilines is 2. The summed E-state index contributed by atoms with van der Waals surface area (Å²) in [6.45, 7) is 16.2. The van der Waals surface area contributed by atoms with Gasteiger partial charge in [0.1, 0.15) is 29.5 Å². The molecule has 0 atom stereocenters. The van der Waals surface area contributed by atoms with Gasteiger partial charge in [0.25, 0.3) is 0 Å². The van der Waals surface area contributed by atoms with E-state index in [0.717, 1.165) is 12.1 Å². The zero-order valence-corrected chi connectivity index (χ0v) is 25.2. The summed E-state index contributed by atoms with van der Waals surface area (Å²) in [6.07, 6.45) is -4.02. The molecule has 3 N–H and O–H groups in total. The number of carbonyl (C=O) groups is 1. The number of halogens is 3. The van der Waals surface area contributed by atoms with Crippen LogP contribution in [-0.4, -0.2) is 56.8 Å². The first kappa shape index (κ1) is 32.9. The number of hydrogen-bond donors (Lipinski definition) is 3. The van der Waals surface area contributed by atoms with Crippen LogP contribution in [0.2, 0.25) is 18.1 Å². The summed E-state index contributed by atoms with van der Waals surface area (Å²) in [5.74, 6) is 0.159. The lowest BCUT2D eigenvalue weighted by Gasteiger charge is -2.36. The Balaban J connectivity index is 2.26. The molecule has 40 heavy (non-hydrogen) atoms. The van der Waals surface area contributed by atoms with Crippen molar-refractivity contribution >= 4 is 31.6 Å². The first-order chi connectivity index (χ1) is 18.3. The maximum atomic E-state index is 12.5. The van der Waals surface area contributed by atoms with Crippen LogP contribution in [0, 0.1) is 5.41 Å². The number of pyridine rings is 1. The molecular weight excluding hydrogens is 545 g/mol. The third kappa shape index (κ3) is 10.7. The van der Waals surface area contributed by atoms with Crippen molar-refractivity contribution in [1.29, 1.82) is 5.41 Å². The fourth-order valence-electron chi connectivity index (χ4n) is 3.06. The summed E-state index contributed by atoms with van der Waals surface area (Å²) in [6, 6.07) is 6.67. The lowest BCUT2D eigenvalue weighted by Crippen LogP contribution is -2.41. The van der Waals surface area contributed by atoms with E-state index < -0.39 is 26.4 Å². The summed E-state index contributed by atoms with van der Waals surface area (Å²) in [4.78, 5) is 16.5. The van der Waals surface area contributed by atoms with Crippen molar-refractivity contribution in [2.45, 2.75) is 71.6 Å². The average Bonchev–Trinajstić information content (AvgIpc) is 2.79. The Bertz CT molecular complexity index is 1160. The van der Waals surface area contributed by atoms with Crippen LogP contribution in [0.3, 0.4) is 0 Å². The van der Waals surface area contributed by atoms with E-state index in [0.29, 0.717) is 18.0 Å². The maximum absolute atomic E-state index is 12.5. The van der Waals surface area contributed by atoms with Gasteiger partial charge in [-0.15, -0.1) is 13.2 Å². The van der Waals surface area contributed by atoms with E-state index in [1.54, 1.807) is 26.8 Å². The Morgan fingerprint density at radius 2 is 1.62 bits per heavy atom. The summed E-state index contributed by atoms with van der Waals surface area (Å²) in [7, 11) is -1.99. The van der Waals surface area contributed by atoms with Gasteiger partial charge in [-0.1, -0.05) is 20.8 Å². The van der Waals surface area contributed by atoms with Crippen LogP contribution in [-0.2, 0) is 9.16 Å². The second-order valence-corrected chi connectivity index (χ2v) is 16.3. The maximum Gasteiger partial charge on any atom is 0.573 e. The van der Waals surface area contributed by atoms with Crippen LogP contribution in [0.1, 0.15) is 47.1 Å². The smallest absolute Gasteiger partial charge is 0.490 e. The summed E-state index contributed by atoms with van der Waals surface area (Å²) < 4.78 is 58.9.